The third kappa shape index (κ3) is 3.49. The second kappa shape index (κ2) is 6.89. The fourth-order valence-corrected chi connectivity index (χ4v) is 2.60. The van der Waals surface area contributed by atoms with Gasteiger partial charge in [0.2, 0.25) is 0 Å². The summed E-state index contributed by atoms with van der Waals surface area (Å²) in [6, 6.07) is 14.7. The molecule has 0 fully saturated rings. The zero-order valence-corrected chi connectivity index (χ0v) is 14.2. The Morgan fingerprint density at radius 3 is 2.58 bits per heavy atom. The van der Waals surface area contributed by atoms with Gasteiger partial charge in [-0.05, 0) is 50.2 Å². The van der Waals surface area contributed by atoms with Crippen LogP contribution in [0.3, 0.4) is 0 Å². The fourth-order valence-electron chi connectivity index (χ4n) is 2.38. The highest BCUT2D eigenvalue weighted by Crippen LogP contribution is 2.29. The molecule has 0 aliphatic rings. The summed E-state index contributed by atoms with van der Waals surface area (Å²) in [5.74, 6) is -0.322. The summed E-state index contributed by atoms with van der Waals surface area (Å²) in [5.41, 5.74) is 3.04. The number of hydrogen-bond donors (Lipinski definition) is 1. The number of carbonyl (C=O) groups is 1. The molecule has 24 heavy (non-hydrogen) atoms. The molecule has 3 rings (SSSR count). The van der Waals surface area contributed by atoms with E-state index >= 15 is 0 Å². The first-order valence-electron chi connectivity index (χ1n) is 7.66. The van der Waals surface area contributed by atoms with Crippen LogP contribution in [-0.4, -0.2) is 17.1 Å². The minimum absolute atomic E-state index is 0.136. The lowest BCUT2D eigenvalue weighted by molar-refractivity contribution is 0.0378. The SMILES string of the molecule is CC(C)OC(=O)c1ccc(Nc2ccnc3c(Cl)cccc23)cc1. The van der Waals surface area contributed by atoms with E-state index in [9.17, 15) is 4.79 Å². The Hall–Kier alpha value is -2.59. The molecule has 0 aliphatic carbocycles. The highest BCUT2D eigenvalue weighted by atomic mass is 35.5. The lowest BCUT2D eigenvalue weighted by atomic mass is 10.1. The number of nitrogens with one attached hydrogen (secondary N) is 1. The fraction of sp³-hybridized carbons (Fsp3) is 0.158. The van der Waals surface area contributed by atoms with Gasteiger partial charge in [0.15, 0.2) is 0 Å². The van der Waals surface area contributed by atoms with Crippen molar-refractivity contribution in [1.29, 1.82) is 0 Å². The first-order valence-corrected chi connectivity index (χ1v) is 8.03. The molecule has 4 nitrogen and oxygen atoms in total. The smallest absolute Gasteiger partial charge is 0.338 e. The normalized spacial score (nSPS) is 10.8. The summed E-state index contributed by atoms with van der Waals surface area (Å²) in [6.07, 6.45) is 1.58. The largest absolute Gasteiger partial charge is 0.459 e. The Morgan fingerprint density at radius 2 is 1.88 bits per heavy atom. The van der Waals surface area contributed by atoms with Crippen LogP contribution < -0.4 is 5.32 Å². The molecule has 0 spiro atoms. The molecular weight excluding hydrogens is 324 g/mol. The summed E-state index contributed by atoms with van der Waals surface area (Å²) in [7, 11) is 0. The summed E-state index contributed by atoms with van der Waals surface area (Å²) in [5, 5.41) is 4.88. The Morgan fingerprint density at radius 1 is 1.12 bits per heavy atom. The Labute approximate surface area is 145 Å². The van der Waals surface area contributed by atoms with Crippen LogP contribution in [0.2, 0.25) is 5.02 Å². The van der Waals surface area contributed by atoms with Crippen molar-refractivity contribution >= 4 is 39.8 Å². The topological polar surface area (TPSA) is 51.2 Å². The van der Waals surface area contributed by atoms with Gasteiger partial charge in [0.05, 0.1) is 22.2 Å². The van der Waals surface area contributed by atoms with Crippen LogP contribution in [0, 0.1) is 0 Å². The van der Waals surface area contributed by atoms with Crippen molar-refractivity contribution in [3.8, 4) is 0 Å². The molecule has 0 saturated heterocycles. The van der Waals surface area contributed by atoms with Gasteiger partial charge in [-0.1, -0.05) is 23.7 Å². The van der Waals surface area contributed by atoms with E-state index in [0.29, 0.717) is 10.6 Å². The minimum atomic E-state index is -0.322. The molecule has 3 aromatic rings. The summed E-state index contributed by atoms with van der Waals surface area (Å²) >= 11 is 6.19. The van der Waals surface area contributed by atoms with Crippen LogP contribution >= 0.6 is 11.6 Å². The number of fused-ring (bicyclic) bond motifs is 1. The lowest BCUT2D eigenvalue weighted by Gasteiger charge is -2.11. The average Bonchev–Trinajstić information content (AvgIpc) is 2.56. The molecule has 0 radical (unpaired) electrons. The van der Waals surface area contributed by atoms with Crippen molar-refractivity contribution in [3.63, 3.8) is 0 Å². The number of para-hydroxylation sites is 1. The number of carbonyl (C=O) groups excluding carboxylic acids is 1. The van der Waals surface area contributed by atoms with Gasteiger partial charge in [-0.15, -0.1) is 0 Å². The van der Waals surface area contributed by atoms with E-state index in [-0.39, 0.29) is 12.1 Å². The number of rotatable bonds is 4. The summed E-state index contributed by atoms with van der Waals surface area (Å²) in [4.78, 5) is 16.2. The molecule has 0 saturated carbocycles. The molecule has 0 atom stereocenters. The second-order valence-electron chi connectivity index (χ2n) is 5.65. The molecule has 2 aromatic carbocycles. The number of halogens is 1. The number of nitrogens with zero attached hydrogens (tertiary/aromatic N) is 1. The van der Waals surface area contributed by atoms with Crippen LogP contribution in [0.4, 0.5) is 11.4 Å². The molecule has 1 aromatic heterocycles. The lowest BCUT2D eigenvalue weighted by Crippen LogP contribution is -2.11. The van der Waals surface area contributed by atoms with Crippen LogP contribution in [0.5, 0.6) is 0 Å². The van der Waals surface area contributed by atoms with E-state index in [1.807, 2.05) is 50.2 Å². The third-order valence-corrected chi connectivity index (χ3v) is 3.77. The Kier molecular flexibility index (Phi) is 4.67. The molecule has 0 aliphatic heterocycles. The molecule has 1 N–H and O–H groups in total. The number of anilines is 2. The van der Waals surface area contributed by atoms with Crippen molar-refractivity contribution < 1.29 is 9.53 Å². The highest BCUT2D eigenvalue weighted by Gasteiger charge is 2.09. The van der Waals surface area contributed by atoms with Gasteiger partial charge in [-0.3, -0.25) is 4.98 Å². The van der Waals surface area contributed by atoms with Crippen molar-refractivity contribution in [2.75, 3.05) is 5.32 Å². The van der Waals surface area contributed by atoms with Gasteiger partial charge in [-0.2, -0.15) is 0 Å². The van der Waals surface area contributed by atoms with Crippen LogP contribution in [0.15, 0.2) is 54.7 Å². The van der Waals surface area contributed by atoms with Gasteiger partial charge >= 0.3 is 5.97 Å². The standard InChI is InChI=1S/C19H17ClN2O2/c1-12(2)24-19(23)13-6-8-14(9-7-13)22-17-10-11-21-18-15(17)4-3-5-16(18)20/h3-12H,1-2H3,(H,21,22). The van der Waals surface area contributed by atoms with Crippen molar-refractivity contribution in [2.45, 2.75) is 20.0 Å². The molecule has 122 valence electrons. The van der Waals surface area contributed by atoms with Gasteiger partial charge in [0.25, 0.3) is 0 Å². The quantitative estimate of drug-likeness (QED) is 0.663. The number of esters is 1. The zero-order valence-electron chi connectivity index (χ0n) is 13.4. The summed E-state index contributed by atoms with van der Waals surface area (Å²) in [6.45, 7) is 3.65. The van der Waals surface area contributed by atoms with E-state index in [2.05, 4.69) is 10.3 Å². The van der Waals surface area contributed by atoms with Crippen molar-refractivity contribution in [3.05, 3.63) is 65.3 Å². The Bertz CT molecular complexity index is 876. The van der Waals surface area contributed by atoms with E-state index in [1.54, 1.807) is 18.3 Å². The number of aromatic nitrogens is 1. The molecule has 0 amide bonds. The van der Waals surface area contributed by atoms with Crippen molar-refractivity contribution in [2.24, 2.45) is 0 Å². The molecule has 0 bridgehead atoms. The molecule has 5 heteroatoms. The Balaban J connectivity index is 1.85. The van der Waals surface area contributed by atoms with E-state index < -0.39 is 0 Å². The average molecular weight is 341 g/mol. The summed E-state index contributed by atoms with van der Waals surface area (Å²) < 4.78 is 5.18. The number of ether oxygens (including phenoxy) is 1. The van der Waals surface area contributed by atoms with Crippen LogP contribution in [0.25, 0.3) is 10.9 Å². The number of benzene rings is 2. The van der Waals surface area contributed by atoms with Gasteiger partial charge in [0.1, 0.15) is 0 Å². The van der Waals surface area contributed by atoms with Crippen LogP contribution in [-0.2, 0) is 4.74 Å². The predicted molar refractivity (Wildman–Crippen MR) is 97.0 cm³/mol. The molecule has 1 heterocycles. The maximum absolute atomic E-state index is 11.9. The number of pyridine rings is 1. The van der Waals surface area contributed by atoms with Crippen molar-refractivity contribution in [1.82, 2.24) is 4.98 Å². The van der Waals surface area contributed by atoms with Gasteiger partial charge < -0.3 is 10.1 Å². The monoisotopic (exact) mass is 340 g/mol. The number of hydrogen-bond acceptors (Lipinski definition) is 4. The maximum atomic E-state index is 11.9. The van der Waals surface area contributed by atoms with Gasteiger partial charge in [0, 0.05) is 23.0 Å². The highest BCUT2D eigenvalue weighted by molar-refractivity contribution is 6.35. The first kappa shape index (κ1) is 16.3. The van der Waals surface area contributed by atoms with Crippen LogP contribution in [0.1, 0.15) is 24.2 Å². The zero-order chi connectivity index (χ0) is 17.1. The molecule has 0 unspecified atom stereocenters. The molecular formula is C19H17ClN2O2. The first-order chi connectivity index (χ1) is 11.5. The van der Waals surface area contributed by atoms with E-state index in [4.69, 9.17) is 16.3 Å². The van der Waals surface area contributed by atoms with Gasteiger partial charge in [-0.25, -0.2) is 4.79 Å². The second-order valence-corrected chi connectivity index (χ2v) is 6.06. The predicted octanol–water partition coefficient (Wildman–Crippen LogP) is 5.20. The maximum Gasteiger partial charge on any atom is 0.338 e. The third-order valence-electron chi connectivity index (χ3n) is 3.46. The minimum Gasteiger partial charge on any atom is -0.459 e. The van der Waals surface area contributed by atoms with E-state index in [0.717, 1.165) is 22.3 Å². The van der Waals surface area contributed by atoms with E-state index in [1.165, 1.54) is 0 Å².